The van der Waals surface area contributed by atoms with E-state index in [4.69, 9.17) is 14.2 Å². The number of carbonyl (C=O) groups excluding carboxylic acids is 2. The van der Waals surface area contributed by atoms with Gasteiger partial charge in [-0.05, 0) is 65.6 Å². The van der Waals surface area contributed by atoms with Gasteiger partial charge in [0.15, 0.2) is 5.75 Å². The SMILES string of the molecule is COc1c(NSC)cc(C(C)(C)C)cc1NC(=O)Nc1ccc(Oc2ccnc(Nc3ccc(C(=O)NCCN4CCOCC4)cc3)c2)c2ccccc12. The predicted octanol–water partition coefficient (Wildman–Crippen LogP) is 8.47. The number of ether oxygens (including phenoxy) is 3. The minimum Gasteiger partial charge on any atom is -0.492 e. The van der Waals surface area contributed by atoms with Gasteiger partial charge in [-0.25, -0.2) is 9.78 Å². The summed E-state index contributed by atoms with van der Waals surface area (Å²) in [5.41, 5.74) is 4.22. The standard InChI is InChI=1S/C41H47N7O5S/c1-41(2,3)28-24-34(38(51-4)35(25-28)47-54-5)46-40(50)45-33-14-15-36(32-9-7-6-8-31(32)33)53-30-16-17-42-37(26-30)44-29-12-10-27(11-13-29)39(49)43-18-19-48-20-22-52-23-21-48/h6-17,24-26,47H,18-23H2,1-5H3,(H,42,44)(H,43,49)(H2,45,46,50). The molecular weight excluding hydrogens is 703 g/mol. The molecule has 0 atom stereocenters. The van der Waals surface area contributed by atoms with Crippen LogP contribution >= 0.6 is 11.9 Å². The van der Waals surface area contributed by atoms with Gasteiger partial charge in [-0.2, -0.15) is 0 Å². The van der Waals surface area contributed by atoms with Crippen LogP contribution in [0.25, 0.3) is 10.8 Å². The summed E-state index contributed by atoms with van der Waals surface area (Å²) in [4.78, 5) is 32.9. The van der Waals surface area contributed by atoms with Crippen LogP contribution in [-0.4, -0.2) is 74.6 Å². The minimum absolute atomic E-state index is 0.110. The quantitative estimate of drug-likeness (QED) is 0.0746. The fraction of sp³-hybridized carbons (Fsp3) is 0.293. The third kappa shape index (κ3) is 9.72. The Morgan fingerprint density at radius 1 is 0.889 bits per heavy atom. The number of methoxy groups -OCH3 is 1. The molecule has 1 saturated heterocycles. The second-order valence-electron chi connectivity index (χ2n) is 13.8. The molecule has 4 aromatic carbocycles. The first kappa shape index (κ1) is 38.2. The Bertz CT molecular complexity index is 2080. The van der Waals surface area contributed by atoms with Gasteiger partial charge in [-0.15, -0.1) is 0 Å². The molecular formula is C41H47N7O5S. The molecule has 5 N–H and O–H groups in total. The number of anilines is 5. The van der Waals surface area contributed by atoms with Gasteiger partial charge >= 0.3 is 6.03 Å². The van der Waals surface area contributed by atoms with Crippen LogP contribution in [0.1, 0.15) is 36.7 Å². The highest BCUT2D eigenvalue weighted by molar-refractivity contribution is 7.99. The summed E-state index contributed by atoms with van der Waals surface area (Å²) in [6, 6.07) is 25.8. The fourth-order valence-corrected chi connectivity index (χ4v) is 6.45. The van der Waals surface area contributed by atoms with Crippen LogP contribution in [0, 0.1) is 0 Å². The highest BCUT2D eigenvalue weighted by Gasteiger charge is 2.21. The Morgan fingerprint density at radius 2 is 1.61 bits per heavy atom. The number of amides is 3. The minimum atomic E-state index is -0.407. The van der Waals surface area contributed by atoms with Gasteiger partial charge in [0.25, 0.3) is 5.91 Å². The van der Waals surface area contributed by atoms with E-state index in [1.165, 1.54) is 11.9 Å². The largest absolute Gasteiger partial charge is 0.492 e. The lowest BCUT2D eigenvalue weighted by Crippen LogP contribution is -2.41. The molecule has 6 rings (SSSR count). The topological polar surface area (TPSA) is 138 Å². The van der Waals surface area contributed by atoms with Gasteiger partial charge < -0.3 is 40.2 Å². The van der Waals surface area contributed by atoms with Crippen molar-refractivity contribution >= 4 is 63.2 Å². The molecule has 3 amide bonds. The van der Waals surface area contributed by atoms with Crippen molar-refractivity contribution in [2.45, 2.75) is 26.2 Å². The highest BCUT2D eigenvalue weighted by atomic mass is 32.2. The molecule has 282 valence electrons. The number of morpholine rings is 1. The number of nitrogens with zero attached hydrogens (tertiary/aromatic N) is 2. The van der Waals surface area contributed by atoms with Crippen LogP contribution in [0.15, 0.2) is 91.1 Å². The first-order valence-corrected chi connectivity index (χ1v) is 19.0. The van der Waals surface area contributed by atoms with Crippen LogP contribution in [-0.2, 0) is 10.2 Å². The molecule has 1 fully saturated rings. The van der Waals surface area contributed by atoms with Crippen LogP contribution in [0.4, 0.5) is 33.4 Å². The van der Waals surface area contributed by atoms with Crippen molar-refractivity contribution < 1.29 is 23.8 Å². The summed E-state index contributed by atoms with van der Waals surface area (Å²) in [6.07, 6.45) is 3.60. The Hall–Kier alpha value is -5.50. The first-order chi connectivity index (χ1) is 26.1. The van der Waals surface area contributed by atoms with E-state index < -0.39 is 6.03 Å². The number of hydrogen-bond donors (Lipinski definition) is 5. The van der Waals surface area contributed by atoms with Gasteiger partial charge in [-0.1, -0.05) is 57.0 Å². The average Bonchev–Trinajstić information content (AvgIpc) is 3.16. The molecule has 0 aliphatic carbocycles. The maximum absolute atomic E-state index is 13.5. The third-order valence-electron chi connectivity index (χ3n) is 8.95. The molecule has 12 nitrogen and oxygen atoms in total. The Balaban J connectivity index is 1.11. The highest BCUT2D eigenvalue weighted by Crippen LogP contribution is 2.40. The van der Waals surface area contributed by atoms with Crippen molar-refractivity contribution in [1.29, 1.82) is 0 Å². The number of rotatable bonds is 13. The zero-order valence-corrected chi connectivity index (χ0v) is 32.1. The predicted molar refractivity (Wildman–Crippen MR) is 219 cm³/mol. The number of pyridine rings is 1. The van der Waals surface area contributed by atoms with Crippen LogP contribution < -0.4 is 35.5 Å². The molecule has 1 aliphatic heterocycles. The van der Waals surface area contributed by atoms with Gasteiger partial charge in [0.2, 0.25) is 0 Å². The van der Waals surface area contributed by atoms with E-state index in [-0.39, 0.29) is 11.3 Å². The van der Waals surface area contributed by atoms with E-state index in [9.17, 15) is 9.59 Å². The van der Waals surface area contributed by atoms with E-state index in [0.29, 0.717) is 46.5 Å². The number of urea groups is 1. The van der Waals surface area contributed by atoms with Crippen molar-refractivity contribution in [3.63, 3.8) is 0 Å². The van der Waals surface area contributed by atoms with Crippen molar-refractivity contribution in [1.82, 2.24) is 15.2 Å². The van der Waals surface area contributed by atoms with E-state index in [1.54, 1.807) is 37.6 Å². The van der Waals surface area contributed by atoms with E-state index >= 15 is 0 Å². The van der Waals surface area contributed by atoms with Gasteiger partial charge in [0.05, 0.1) is 37.4 Å². The molecule has 0 spiro atoms. The summed E-state index contributed by atoms with van der Waals surface area (Å²) in [6.45, 7) is 11.0. The molecule has 0 radical (unpaired) electrons. The molecule has 1 aromatic heterocycles. The maximum Gasteiger partial charge on any atom is 0.323 e. The second kappa shape index (κ2) is 17.5. The lowest BCUT2D eigenvalue weighted by Gasteiger charge is -2.26. The van der Waals surface area contributed by atoms with Crippen LogP contribution in [0.3, 0.4) is 0 Å². The normalized spacial score (nSPS) is 13.2. The number of nitrogens with one attached hydrogen (secondary N) is 5. The zero-order chi connectivity index (χ0) is 38.1. The number of hydrogen-bond acceptors (Lipinski definition) is 10. The molecule has 5 aromatic rings. The second-order valence-corrected chi connectivity index (χ2v) is 14.4. The van der Waals surface area contributed by atoms with E-state index in [1.807, 2.05) is 66.9 Å². The lowest BCUT2D eigenvalue weighted by atomic mass is 9.86. The first-order valence-electron chi connectivity index (χ1n) is 17.8. The monoisotopic (exact) mass is 749 g/mol. The molecule has 0 bridgehead atoms. The molecule has 1 aliphatic rings. The maximum atomic E-state index is 13.5. The Kier molecular flexibility index (Phi) is 12.4. The summed E-state index contributed by atoms with van der Waals surface area (Å²) in [5.74, 6) is 2.21. The zero-order valence-electron chi connectivity index (χ0n) is 31.2. The van der Waals surface area contributed by atoms with Crippen molar-refractivity contribution in [3.8, 4) is 17.2 Å². The number of benzene rings is 4. The number of carbonyl (C=O) groups is 2. The lowest BCUT2D eigenvalue weighted by molar-refractivity contribution is 0.0383. The molecule has 0 saturated carbocycles. The van der Waals surface area contributed by atoms with Gasteiger partial charge in [-0.3, -0.25) is 9.69 Å². The number of fused-ring (bicyclic) bond motifs is 1. The number of aromatic nitrogens is 1. The molecule has 13 heteroatoms. The van der Waals surface area contributed by atoms with Gasteiger partial charge in [0.1, 0.15) is 17.3 Å². The summed E-state index contributed by atoms with van der Waals surface area (Å²) in [5, 5.41) is 13.9. The van der Waals surface area contributed by atoms with E-state index in [0.717, 1.165) is 60.6 Å². The van der Waals surface area contributed by atoms with Crippen LogP contribution in [0.2, 0.25) is 0 Å². The van der Waals surface area contributed by atoms with E-state index in [2.05, 4.69) is 56.6 Å². The van der Waals surface area contributed by atoms with Crippen molar-refractivity contribution in [2.75, 3.05) is 73.4 Å². The average molecular weight is 750 g/mol. The summed E-state index contributed by atoms with van der Waals surface area (Å²) < 4.78 is 20.7. The Labute approximate surface area is 320 Å². The molecule has 54 heavy (non-hydrogen) atoms. The Morgan fingerprint density at radius 3 is 2.33 bits per heavy atom. The van der Waals surface area contributed by atoms with Gasteiger partial charge in [0, 0.05) is 66.7 Å². The molecule has 2 heterocycles. The van der Waals surface area contributed by atoms with Crippen molar-refractivity contribution in [3.05, 3.63) is 102 Å². The molecule has 0 unspecified atom stereocenters. The third-order valence-corrected chi connectivity index (χ3v) is 9.37. The van der Waals surface area contributed by atoms with Crippen LogP contribution in [0.5, 0.6) is 17.2 Å². The van der Waals surface area contributed by atoms with Crippen molar-refractivity contribution in [2.24, 2.45) is 0 Å². The fourth-order valence-electron chi connectivity index (χ4n) is 6.08. The summed E-state index contributed by atoms with van der Waals surface area (Å²) in [7, 11) is 1.59. The summed E-state index contributed by atoms with van der Waals surface area (Å²) >= 11 is 1.45. The smallest absolute Gasteiger partial charge is 0.323 e.